The number of thiophene rings is 1. The average Bonchev–Trinajstić information content (AvgIpc) is 2.64. The highest BCUT2D eigenvalue weighted by atomic mass is 79.9. The van der Waals surface area contributed by atoms with Gasteiger partial charge in [0.25, 0.3) is 0 Å². The first-order valence-corrected chi connectivity index (χ1v) is 6.40. The Bertz CT molecular complexity index is 407. The molecule has 1 atom stereocenters. The van der Waals surface area contributed by atoms with Gasteiger partial charge in [0.2, 0.25) is 5.91 Å². The molecule has 0 saturated heterocycles. The van der Waals surface area contributed by atoms with Crippen molar-refractivity contribution < 1.29 is 19.4 Å². The quantitative estimate of drug-likeness (QED) is 0.827. The number of hydrogen-bond donors (Lipinski definition) is 2. The molecule has 0 saturated carbocycles. The molecule has 0 radical (unpaired) electrons. The number of carboxylic acids is 1. The molecule has 0 spiro atoms. The number of carbonyl (C=O) groups excluding carboxylic acids is 1. The maximum Gasteiger partial charge on any atom is 0.334 e. The monoisotopic (exact) mass is 321 g/mol. The van der Waals surface area contributed by atoms with Crippen molar-refractivity contribution in [1.82, 2.24) is 5.32 Å². The van der Waals surface area contributed by atoms with E-state index in [1.165, 1.54) is 18.4 Å². The fourth-order valence-corrected chi connectivity index (χ4v) is 2.63. The maximum atomic E-state index is 11.5. The number of aliphatic carboxylic acids is 1. The molecule has 17 heavy (non-hydrogen) atoms. The van der Waals surface area contributed by atoms with Crippen molar-refractivity contribution in [2.45, 2.75) is 12.5 Å². The van der Waals surface area contributed by atoms with Crippen molar-refractivity contribution in [3.63, 3.8) is 0 Å². The largest absolute Gasteiger partial charge is 0.479 e. The molecule has 2 N–H and O–H groups in total. The van der Waals surface area contributed by atoms with Crippen LogP contribution in [-0.2, 0) is 20.7 Å². The molecule has 1 heterocycles. The van der Waals surface area contributed by atoms with Crippen LogP contribution >= 0.6 is 27.3 Å². The van der Waals surface area contributed by atoms with Crippen molar-refractivity contribution in [2.75, 3.05) is 13.7 Å². The van der Waals surface area contributed by atoms with Crippen LogP contribution in [0.1, 0.15) is 4.88 Å². The lowest BCUT2D eigenvalue weighted by Crippen LogP contribution is -2.38. The summed E-state index contributed by atoms with van der Waals surface area (Å²) in [6.07, 6.45) is -0.763. The van der Waals surface area contributed by atoms with Crippen LogP contribution in [0, 0.1) is 0 Å². The molecular formula is C10H12BrNO4S. The summed E-state index contributed by atoms with van der Waals surface area (Å²) in [4.78, 5) is 23.0. The topological polar surface area (TPSA) is 75.6 Å². The predicted molar refractivity (Wildman–Crippen MR) is 67.2 cm³/mol. The molecule has 0 aliphatic carbocycles. The van der Waals surface area contributed by atoms with Gasteiger partial charge >= 0.3 is 5.97 Å². The van der Waals surface area contributed by atoms with E-state index in [1.807, 2.05) is 12.1 Å². The summed E-state index contributed by atoms with van der Waals surface area (Å²) in [5.74, 6) is -1.31. The lowest BCUT2D eigenvalue weighted by molar-refractivity contribution is -0.148. The van der Waals surface area contributed by atoms with E-state index in [0.29, 0.717) is 0 Å². The van der Waals surface area contributed by atoms with Crippen molar-refractivity contribution in [2.24, 2.45) is 0 Å². The molecule has 0 fully saturated rings. The van der Waals surface area contributed by atoms with Crippen LogP contribution < -0.4 is 5.32 Å². The molecule has 0 bridgehead atoms. The number of carbonyl (C=O) groups is 2. The Morgan fingerprint density at radius 1 is 1.59 bits per heavy atom. The fourth-order valence-electron chi connectivity index (χ4n) is 1.15. The Morgan fingerprint density at radius 3 is 2.76 bits per heavy atom. The second kappa shape index (κ2) is 6.73. The molecule has 5 nitrogen and oxygen atoms in total. The van der Waals surface area contributed by atoms with Gasteiger partial charge in [-0.05, 0) is 28.1 Å². The Labute approximate surface area is 111 Å². The van der Waals surface area contributed by atoms with Gasteiger partial charge in [-0.1, -0.05) is 0 Å². The summed E-state index contributed by atoms with van der Waals surface area (Å²) < 4.78 is 5.66. The molecule has 0 aliphatic heterocycles. The van der Waals surface area contributed by atoms with Crippen molar-refractivity contribution in [1.29, 1.82) is 0 Å². The van der Waals surface area contributed by atoms with E-state index in [4.69, 9.17) is 9.84 Å². The first-order chi connectivity index (χ1) is 8.02. The zero-order valence-corrected chi connectivity index (χ0v) is 11.5. The minimum absolute atomic E-state index is 0.0305. The van der Waals surface area contributed by atoms with Gasteiger partial charge in [0, 0.05) is 12.0 Å². The van der Waals surface area contributed by atoms with Gasteiger partial charge in [-0.3, -0.25) is 4.79 Å². The van der Waals surface area contributed by atoms with Crippen molar-refractivity contribution >= 4 is 39.1 Å². The minimum Gasteiger partial charge on any atom is -0.479 e. The summed E-state index contributed by atoms with van der Waals surface area (Å²) in [5.41, 5.74) is 0. The lowest BCUT2D eigenvalue weighted by atomic mass is 10.3. The van der Waals surface area contributed by atoms with Gasteiger partial charge < -0.3 is 15.2 Å². The van der Waals surface area contributed by atoms with Gasteiger partial charge in [-0.15, -0.1) is 11.3 Å². The average molecular weight is 322 g/mol. The van der Waals surface area contributed by atoms with Crippen LogP contribution in [0.2, 0.25) is 0 Å². The summed E-state index contributed by atoms with van der Waals surface area (Å²) in [6, 6.07) is 3.71. The zero-order chi connectivity index (χ0) is 12.8. The Hall–Kier alpha value is -0.920. The van der Waals surface area contributed by atoms with Crippen LogP contribution in [0.25, 0.3) is 0 Å². The lowest BCUT2D eigenvalue weighted by Gasteiger charge is -2.10. The van der Waals surface area contributed by atoms with E-state index in [1.54, 1.807) is 0 Å². The van der Waals surface area contributed by atoms with Crippen molar-refractivity contribution in [3.05, 3.63) is 20.8 Å². The molecule has 7 heteroatoms. The first-order valence-electron chi connectivity index (χ1n) is 4.79. The molecular weight excluding hydrogens is 310 g/mol. The molecule has 1 unspecified atom stereocenters. The van der Waals surface area contributed by atoms with Crippen LogP contribution in [0.15, 0.2) is 15.9 Å². The predicted octanol–water partition coefficient (Wildman–Crippen LogP) is 1.27. The van der Waals surface area contributed by atoms with Gasteiger partial charge in [0.15, 0.2) is 6.10 Å². The second-order valence-electron chi connectivity index (χ2n) is 3.25. The van der Waals surface area contributed by atoms with Gasteiger partial charge in [-0.2, -0.15) is 0 Å². The Morgan fingerprint density at radius 2 is 2.29 bits per heavy atom. The highest BCUT2D eigenvalue weighted by Gasteiger charge is 2.17. The number of rotatable bonds is 6. The molecule has 1 amide bonds. The van der Waals surface area contributed by atoms with E-state index in [2.05, 4.69) is 21.2 Å². The maximum absolute atomic E-state index is 11.5. The third-order valence-corrected chi connectivity index (χ3v) is 3.63. The highest BCUT2D eigenvalue weighted by molar-refractivity contribution is 9.11. The van der Waals surface area contributed by atoms with Crippen LogP contribution in [0.4, 0.5) is 0 Å². The number of methoxy groups -OCH3 is 1. The highest BCUT2D eigenvalue weighted by Crippen LogP contribution is 2.22. The van der Waals surface area contributed by atoms with E-state index < -0.39 is 12.1 Å². The van der Waals surface area contributed by atoms with E-state index >= 15 is 0 Å². The fraction of sp³-hybridized carbons (Fsp3) is 0.400. The smallest absolute Gasteiger partial charge is 0.334 e. The number of hydrogen-bond acceptors (Lipinski definition) is 4. The van der Waals surface area contributed by atoms with Gasteiger partial charge in [0.05, 0.1) is 16.8 Å². The molecule has 94 valence electrons. The molecule has 1 rings (SSSR count). The van der Waals surface area contributed by atoms with Gasteiger partial charge in [0.1, 0.15) is 0 Å². The minimum atomic E-state index is -1.09. The number of ether oxygens (including phenoxy) is 1. The van der Waals surface area contributed by atoms with Crippen LogP contribution in [-0.4, -0.2) is 36.7 Å². The van der Waals surface area contributed by atoms with E-state index in [9.17, 15) is 9.59 Å². The summed E-state index contributed by atoms with van der Waals surface area (Å²) in [5, 5.41) is 11.2. The number of amides is 1. The Kier molecular flexibility index (Phi) is 5.60. The van der Waals surface area contributed by atoms with E-state index in [0.717, 1.165) is 8.66 Å². The molecule has 0 aromatic carbocycles. The molecule has 1 aromatic rings. The van der Waals surface area contributed by atoms with Crippen LogP contribution in [0.5, 0.6) is 0 Å². The number of halogens is 1. The number of carboxylic acid groups (broad SMARTS) is 1. The third-order valence-electron chi connectivity index (χ3n) is 2.01. The zero-order valence-electron chi connectivity index (χ0n) is 9.10. The summed E-state index contributed by atoms with van der Waals surface area (Å²) >= 11 is 4.77. The van der Waals surface area contributed by atoms with Crippen molar-refractivity contribution in [3.8, 4) is 0 Å². The van der Waals surface area contributed by atoms with Crippen LogP contribution in [0.3, 0.4) is 0 Å². The molecule has 0 aliphatic rings. The van der Waals surface area contributed by atoms with E-state index in [-0.39, 0.29) is 18.9 Å². The summed E-state index contributed by atoms with van der Waals surface area (Å²) in [7, 11) is 1.29. The van der Waals surface area contributed by atoms with Gasteiger partial charge in [-0.25, -0.2) is 4.79 Å². The standard InChI is InChI=1S/C10H12BrNO4S/c1-16-7(10(14)15)5-12-9(13)4-6-2-3-8(11)17-6/h2-3,7H,4-5H2,1H3,(H,12,13)(H,14,15). The Balaban J connectivity index is 2.37. The summed E-state index contributed by atoms with van der Waals surface area (Å²) in [6.45, 7) is -0.0305. The second-order valence-corrected chi connectivity index (χ2v) is 5.80. The molecule has 1 aromatic heterocycles. The third kappa shape index (κ3) is 4.84. The normalized spacial score (nSPS) is 12.1. The first kappa shape index (κ1) is 14.1. The number of nitrogens with one attached hydrogen (secondary N) is 1. The SMILES string of the molecule is COC(CNC(=O)Cc1ccc(Br)s1)C(=O)O.